The molecule has 0 aliphatic rings. The lowest BCUT2D eigenvalue weighted by Crippen LogP contribution is -2.29. The number of hydrogen-bond donors (Lipinski definition) is 1. The van der Waals surface area contributed by atoms with Crippen LogP contribution in [-0.4, -0.2) is 0 Å². The van der Waals surface area contributed by atoms with Crippen molar-refractivity contribution in [2.24, 2.45) is 0 Å². The lowest BCUT2D eigenvalue weighted by atomic mass is 10.2. The van der Waals surface area contributed by atoms with Gasteiger partial charge in [0.15, 0.2) is 0 Å². The van der Waals surface area contributed by atoms with Crippen molar-refractivity contribution < 1.29 is 0 Å². The lowest BCUT2D eigenvalue weighted by molar-refractivity contribution is 0.891. The molecule has 0 amide bonds. The van der Waals surface area contributed by atoms with Gasteiger partial charge in [-0.25, -0.2) is 0 Å². The minimum Gasteiger partial charge on any atom is -0.301 e. The molecule has 0 saturated heterocycles. The molecule has 3 rings (SSSR count). The fraction of sp³-hybridized carbons (Fsp3) is 0. The summed E-state index contributed by atoms with van der Waals surface area (Å²) < 4.78 is 0. The van der Waals surface area contributed by atoms with Crippen molar-refractivity contribution in [1.82, 2.24) is 5.43 Å². The molecule has 0 aromatic heterocycles. The Bertz CT molecular complexity index is 667. The molecule has 0 aliphatic heterocycles. The maximum atomic E-state index is 3.35. The fourth-order valence-corrected chi connectivity index (χ4v) is 2.22. The summed E-state index contributed by atoms with van der Waals surface area (Å²) in [6.45, 7) is 0. The van der Waals surface area contributed by atoms with Gasteiger partial charge in [-0.1, -0.05) is 66.7 Å². The van der Waals surface area contributed by atoms with Crippen LogP contribution in [0.25, 0.3) is 6.08 Å². The molecule has 0 atom stereocenters. The maximum Gasteiger partial charge on any atom is 0.0630 e. The van der Waals surface area contributed by atoms with Gasteiger partial charge in [0.2, 0.25) is 0 Å². The van der Waals surface area contributed by atoms with Gasteiger partial charge < -0.3 is 5.43 Å². The SMILES string of the molecule is C(=C\c1ccccc1)/NN(c1ccccc1)c1ccccc1. The van der Waals surface area contributed by atoms with E-state index in [0.717, 1.165) is 16.9 Å². The molecule has 0 bridgehead atoms. The van der Waals surface area contributed by atoms with Crippen molar-refractivity contribution in [2.75, 3.05) is 5.01 Å². The smallest absolute Gasteiger partial charge is 0.0630 e. The van der Waals surface area contributed by atoms with Crippen molar-refractivity contribution in [3.63, 3.8) is 0 Å². The molecule has 0 radical (unpaired) electrons. The Kier molecular flexibility index (Phi) is 4.53. The van der Waals surface area contributed by atoms with E-state index in [9.17, 15) is 0 Å². The van der Waals surface area contributed by atoms with E-state index in [-0.39, 0.29) is 0 Å². The quantitative estimate of drug-likeness (QED) is 0.664. The van der Waals surface area contributed by atoms with Crippen LogP contribution in [0.15, 0.2) is 97.2 Å². The van der Waals surface area contributed by atoms with Crippen LogP contribution in [0.2, 0.25) is 0 Å². The van der Waals surface area contributed by atoms with Gasteiger partial charge in [-0.05, 0) is 35.9 Å². The molecule has 3 aromatic rings. The fourth-order valence-electron chi connectivity index (χ4n) is 2.22. The molecule has 0 heterocycles. The van der Waals surface area contributed by atoms with Gasteiger partial charge in [0.1, 0.15) is 0 Å². The number of nitrogens with one attached hydrogen (secondary N) is 1. The number of benzene rings is 3. The third kappa shape index (κ3) is 3.55. The summed E-state index contributed by atoms with van der Waals surface area (Å²) in [5, 5.41) is 2.06. The summed E-state index contributed by atoms with van der Waals surface area (Å²) >= 11 is 0. The molecule has 108 valence electrons. The Morgan fingerprint density at radius 1 is 0.591 bits per heavy atom. The predicted octanol–water partition coefficient (Wildman–Crippen LogP) is 5.00. The summed E-state index contributed by atoms with van der Waals surface area (Å²) in [4.78, 5) is 0. The van der Waals surface area contributed by atoms with Crippen LogP contribution in [0.5, 0.6) is 0 Å². The molecule has 22 heavy (non-hydrogen) atoms. The second-order valence-electron chi connectivity index (χ2n) is 4.88. The predicted molar refractivity (Wildman–Crippen MR) is 93.6 cm³/mol. The molecule has 0 unspecified atom stereocenters. The summed E-state index contributed by atoms with van der Waals surface area (Å²) in [5.41, 5.74) is 6.70. The topological polar surface area (TPSA) is 15.3 Å². The molecule has 1 N–H and O–H groups in total. The van der Waals surface area contributed by atoms with Crippen LogP contribution in [0.3, 0.4) is 0 Å². The first kappa shape index (κ1) is 14.0. The molecular weight excluding hydrogens is 268 g/mol. The summed E-state index contributed by atoms with van der Waals surface area (Å²) in [7, 11) is 0. The van der Waals surface area contributed by atoms with Gasteiger partial charge in [0.25, 0.3) is 0 Å². The second-order valence-corrected chi connectivity index (χ2v) is 4.88. The molecule has 2 nitrogen and oxygen atoms in total. The highest BCUT2D eigenvalue weighted by Crippen LogP contribution is 2.22. The molecule has 0 fully saturated rings. The lowest BCUT2D eigenvalue weighted by Gasteiger charge is -2.24. The van der Waals surface area contributed by atoms with Crippen molar-refractivity contribution in [2.45, 2.75) is 0 Å². The van der Waals surface area contributed by atoms with Crippen molar-refractivity contribution in [1.29, 1.82) is 0 Å². The van der Waals surface area contributed by atoms with Crippen LogP contribution in [0, 0.1) is 0 Å². The Hall–Kier alpha value is -3.00. The van der Waals surface area contributed by atoms with Gasteiger partial charge in [0.05, 0.1) is 11.4 Å². The average Bonchev–Trinajstić information content (AvgIpc) is 2.61. The van der Waals surface area contributed by atoms with Crippen LogP contribution in [-0.2, 0) is 0 Å². The highest BCUT2D eigenvalue weighted by Gasteiger charge is 2.05. The maximum absolute atomic E-state index is 3.35. The number of anilines is 2. The van der Waals surface area contributed by atoms with Crippen LogP contribution in [0.4, 0.5) is 11.4 Å². The number of hydrazine groups is 1. The summed E-state index contributed by atoms with van der Waals surface area (Å²) in [6.07, 6.45) is 4.01. The Balaban J connectivity index is 1.82. The molecule has 2 heteroatoms. The second kappa shape index (κ2) is 7.14. The first-order chi connectivity index (χ1) is 10.9. The zero-order chi connectivity index (χ0) is 15.0. The zero-order valence-corrected chi connectivity index (χ0v) is 12.3. The standard InChI is InChI=1S/C20H18N2/c1-4-10-18(11-5-1)16-17-21-22(19-12-6-2-7-13-19)20-14-8-3-9-15-20/h1-17,21H/b17-16+. The third-order valence-corrected chi connectivity index (χ3v) is 3.31. The number of rotatable bonds is 5. The van der Waals surface area contributed by atoms with Gasteiger partial charge in [0, 0.05) is 6.20 Å². The van der Waals surface area contributed by atoms with Crippen molar-refractivity contribution >= 4 is 17.5 Å². The molecule has 0 saturated carbocycles. The minimum absolute atomic E-state index is 1.09. The first-order valence-electron chi connectivity index (χ1n) is 7.31. The van der Waals surface area contributed by atoms with Crippen LogP contribution in [0.1, 0.15) is 5.56 Å². The van der Waals surface area contributed by atoms with Crippen LogP contribution >= 0.6 is 0 Å². The van der Waals surface area contributed by atoms with E-state index >= 15 is 0 Å². The first-order valence-corrected chi connectivity index (χ1v) is 7.31. The van der Waals surface area contributed by atoms with Crippen LogP contribution < -0.4 is 10.4 Å². The van der Waals surface area contributed by atoms with Gasteiger partial charge in [-0.3, -0.25) is 5.01 Å². The van der Waals surface area contributed by atoms with Gasteiger partial charge >= 0.3 is 0 Å². The molecule has 0 spiro atoms. The third-order valence-electron chi connectivity index (χ3n) is 3.31. The van der Waals surface area contributed by atoms with E-state index < -0.39 is 0 Å². The Labute approximate surface area is 131 Å². The monoisotopic (exact) mass is 286 g/mol. The molecule has 0 aliphatic carbocycles. The van der Waals surface area contributed by atoms with E-state index in [1.165, 1.54) is 0 Å². The van der Waals surface area contributed by atoms with Crippen molar-refractivity contribution in [3.05, 3.63) is 103 Å². The molecule has 3 aromatic carbocycles. The normalized spacial score (nSPS) is 10.5. The van der Waals surface area contributed by atoms with Gasteiger partial charge in [-0.2, -0.15) is 0 Å². The van der Waals surface area contributed by atoms with E-state index in [0.29, 0.717) is 0 Å². The van der Waals surface area contributed by atoms with E-state index in [2.05, 4.69) is 52.9 Å². The minimum atomic E-state index is 1.09. The highest BCUT2D eigenvalue weighted by atomic mass is 15.5. The highest BCUT2D eigenvalue weighted by molar-refractivity contribution is 5.62. The Morgan fingerprint density at radius 2 is 1.05 bits per heavy atom. The Morgan fingerprint density at radius 3 is 1.55 bits per heavy atom. The average molecular weight is 286 g/mol. The number of nitrogens with zero attached hydrogens (tertiary/aromatic N) is 1. The number of para-hydroxylation sites is 2. The zero-order valence-electron chi connectivity index (χ0n) is 12.3. The molecular formula is C20H18N2. The van der Waals surface area contributed by atoms with E-state index in [1.54, 1.807) is 0 Å². The largest absolute Gasteiger partial charge is 0.301 e. The number of hydrogen-bond acceptors (Lipinski definition) is 2. The summed E-state index contributed by atoms with van der Waals surface area (Å²) in [5.74, 6) is 0. The van der Waals surface area contributed by atoms with Gasteiger partial charge in [-0.15, -0.1) is 0 Å². The van der Waals surface area contributed by atoms with E-state index in [1.807, 2.05) is 60.8 Å². The summed E-state index contributed by atoms with van der Waals surface area (Å²) in [6, 6.07) is 30.7. The van der Waals surface area contributed by atoms with E-state index in [4.69, 9.17) is 0 Å². The van der Waals surface area contributed by atoms with Crippen molar-refractivity contribution in [3.8, 4) is 0 Å².